The second kappa shape index (κ2) is 8.48. The lowest BCUT2D eigenvalue weighted by Crippen LogP contribution is -2.29. The molecule has 0 unspecified atom stereocenters. The molecule has 0 spiro atoms. The summed E-state index contributed by atoms with van der Waals surface area (Å²) < 4.78 is 76.1. The van der Waals surface area contributed by atoms with E-state index in [1.807, 2.05) is 0 Å². The van der Waals surface area contributed by atoms with Gasteiger partial charge in [-0.1, -0.05) is 23.7 Å². The Balaban J connectivity index is 2.20. The van der Waals surface area contributed by atoms with Gasteiger partial charge in [-0.15, -0.1) is 11.8 Å². The summed E-state index contributed by atoms with van der Waals surface area (Å²) in [6.45, 7) is -0.805. The minimum Gasteiger partial charge on any atom is -0.324 e. The highest BCUT2D eigenvalue weighted by atomic mass is 35.5. The predicted molar refractivity (Wildman–Crippen MR) is 92.6 cm³/mol. The second-order valence-corrected chi connectivity index (χ2v) is 6.88. The number of thioether (sulfide) groups is 1. The Bertz CT molecular complexity index is 927. The third-order valence-corrected chi connectivity index (χ3v) is 4.65. The van der Waals surface area contributed by atoms with Crippen molar-refractivity contribution in [3.05, 3.63) is 57.5 Å². The first-order valence-electron chi connectivity index (χ1n) is 7.42. The number of alkyl halides is 6. The summed E-state index contributed by atoms with van der Waals surface area (Å²) in [7, 11) is 0. The topological polar surface area (TPSA) is 51.1 Å². The summed E-state index contributed by atoms with van der Waals surface area (Å²) in [4.78, 5) is 24.1. The van der Waals surface area contributed by atoms with Gasteiger partial charge in [0, 0.05) is 11.1 Å². The van der Waals surface area contributed by atoms with Gasteiger partial charge in [0.15, 0.2) is 0 Å². The number of hydrogen-bond acceptors (Lipinski definition) is 3. The molecule has 1 N–H and O–H groups in total. The normalized spacial score (nSPS) is 12.1. The van der Waals surface area contributed by atoms with Crippen molar-refractivity contribution in [2.24, 2.45) is 0 Å². The van der Waals surface area contributed by atoms with Gasteiger partial charge in [0.25, 0.3) is 5.56 Å². The third-order valence-electron chi connectivity index (χ3n) is 3.24. The Morgan fingerprint density at radius 1 is 1.14 bits per heavy atom. The van der Waals surface area contributed by atoms with Crippen molar-refractivity contribution in [1.82, 2.24) is 4.57 Å². The number of pyridine rings is 1. The lowest BCUT2D eigenvalue weighted by atomic mass is 10.2. The van der Waals surface area contributed by atoms with E-state index in [-0.39, 0.29) is 10.6 Å². The van der Waals surface area contributed by atoms with Crippen molar-refractivity contribution < 1.29 is 31.1 Å². The van der Waals surface area contributed by atoms with Gasteiger partial charge in [-0.25, -0.2) is 0 Å². The first kappa shape index (κ1) is 22.2. The van der Waals surface area contributed by atoms with Gasteiger partial charge in [0.1, 0.15) is 11.6 Å². The Labute approximate surface area is 163 Å². The first-order valence-corrected chi connectivity index (χ1v) is 8.79. The molecule has 0 saturated carbocycles. The van der Waals surface area contributed by atoms with Crippen LogP contribution in [-0.2, 0) is 17.5 Å². The van der Waals surface area contributed by atoms with Crippen molar-refractivity contribution in [2.75, 3.05) is 11.1 Å². The molecule has 12 heteroatoms. The average molecular weight is 445 g/mol. The first-order chi connectivity index (χ1) is 12.9. The van der Waals surface area contributed by atoms with Crippen LogP contribution in [0.3, 0.4) is 0 Å². The van der Waals surface area contributed by atoms with Gasteiger partial charge in [-0.3, -0.25) is 9.59 Å². The zero-order chi connectivity index (χ0) is 21.1. The van der Waals surface area contributed by atoms with Crippen LogP contribution in [-0.4, -0.2) is 22.4 Å². The van der Waals surface area contributed by atoms with Gasteiger partial charge in [-0.05, 0) is 18.2 Å². The van der Waals surface area contributed by atoms with Crippen molar-refractivity contribution in [1.29, 1.82) is 0 Å². The van der Waals surface area contributed by atoms with E-state index >= 15 is 0 Å². The fourth-order valence-corrected chi connectivity index (χ4v) is 3.07. The monoisotopic (exact) mass is 444 g/mol. The molecule has 0 aliphatic rings. The van der Waals surface area contributed by atoms with Gasteiger partial charge in [0.05, 0.1) is 17.0 Å². The Morgan fingerprint density at radius 2 is 1.79 bits per heavy atom. The predicted octanol–water partition coefficient (Wildman–Crippen LogP) is 4.81. The van der Waals surface area contributed by atoms with Gasteiger partial charge < -0.3 is 9.88 Å². The van der Waals surface area contributed by atoms with E-state index in [4.69, 9.17) is 11.6 Å². The number of rotatable bonds is 5. The Morgan fingerprint density at radius 3 is 2.39 bits per heavy atom. The van der Waals surface area contributed by atoms with E-state index in [1.165, 1.54) is 24.3 Å². The molecule has 0 saturated heterocycles. The fourth-order valence-electron chi connectivity index (χ4n) is 2.07. The number of para-hydroxylation sites is 1. The molecule has 0 fully saturated rings. The lowest BCUT2D eigenvalue weighted by Gasteiger charge is -2.14. The SMILES string of the molecule is O=C(Cn1cc(C(F)(F)F)cc(Cl)c1=O)Nc1ccccc1SCC(F)(F)F. The molecule has 2 rings (SSSR count). The van der Waals surface area contributed by atoms with Crippen LogP contribution in [0.1, 0.15) is 5.56 Å². The van der Waals surface area contributed by atoms with Crippen LogP contribution in [0.5, 0.6) is 0 Å². The van der Waals surface area contributed by atoms with Crippen LogP contribution in [0, 0.1) is 0 Å². The second-order valence-electron chi connectivity index (χ2n) is 5.46. The van der Waals surface area contributed by atoms with Crippen molar-refractivity contribution in [2.45, 2.75) is 23.8 Å². The minimum absolute atomic E-state index is 0.0351. The molecule has 1 heterocycles. The number of amides is 1. The standard InChI is InChI=1S/C16H11ClF6N2O2S/c17-10-5-9(16(21,22)23)6-25(14(10)27)7-13(26)24-11-3-1-2-4-12(11)28-8-15(18,19)20/h1-6H,7-8H2,(H,24,26). The number of hydrogen-bond donors (Lipinski definition) is 1. The van der Waals surface area contributed by atoms with Crippen LogP contribution < -0.4 is 10.9 Å². The summed E-state index contributed by atoms with van der Waals surface area (Å²) in [6.07, 6.45) is -8.77. The molecule has 0 aliphatic carbocycles. The van der Waals surface area contributed by atoms with E-state index in [0.29, 0.717) is 28.6 Å². The van der Waals surface area contributed by atoms with Gasteiger partial charge in [0.2, 0.25) is 5.91 Å². The molecule has 0 atom stereocenters. The Kier molecular flexibility index (Phi) is 6.71. The number of benzene rings is 1. The highest BCUT2D eigenvalue weighted by molar-refractivity contribution is 7.99. The maximum atomic E-state index is 12.8. The number of carbonyl (C=O) groups excluding carboxylic acids is 1. The fraction of sp³-hybridized carbons (Fsp3) is 0.250. The summed E-state index contributed by atoms with van der Waals surface area (Å²) in [5.74, 6) is -2.10. The van der Waals surface area contributed by atoms with Crippen LogP contribution in [0.25, 0.3) is 0 Å². The van der Waals surface area contributed by atoms with Gasteiger partial charge in [-0.2, -0.15) is 26.3 Å². The number of anilines is 1. The number of carbonyl (C=O) groups is 1. The maximum Gasteiger partial charge on any atom is 0.417 e. The highest BCUT2D eigenvalue weighted by Crippen LogP contribution is 2.32. The maximum absolute atomic E-state index is 12.8. The number of aromatic nitrogens is 1. The Hall–Kier alpha value is -2.14. The van der Waals surface area contributed by atoms with Crippen molar-refractivity contribution >= 4 is 35.0 Å². The van der Waals surface area contributed by atoms with Crippen LogP contribution in [0.4, 0.5) is 32.0 Å². The van der Waals surface area contributed by atoms with Crippen LogP contribution in [0.15, 0.2) is 46.2 Å². The average Bonchev–Trinajstić information content (AvgIpc) is 2.56. The number of nitrogens with one attached hydrogen (secondary N) is 1. The van der Waals surface area contributed by atoms with E-state index in [9.17, 15) is 35.9 Å². The van der Waals surface area contributed by atoms with Crippen LogP contribution in [0.2, 0.25) is 5.02 Å². The quantitative estimate of drug-likeness (QED) is 0.532. The van der Waals surface area contributed by atoms with Crippen LogP contribution >= 0.6 is 23.4 Å². The molecule has 28 heavy (non-hydrogen) atoms. The summed E-state index contributed by atoms with van der Waals surface area (Å²) >= 11 is 5.94. The molecule has 1 aromatic carbocycles. The van der Waals surface area contributed by atoms with E-state index in [0.717, 1.165) is 0 Å². The minimum atomic E-state index is -4.78. The molecule has 0 radical (unpaired) electrons. The lowest BCUT2D eigenvalue weighted by molar-refractivity contribution is -0.138. The smallest absolute Gasteiger partial charge is 0.324 e. The molecule has 0 bridgehead atoms. The largest absolute Gasteiger partial charge is 0.417 e. The molecule has 0 aliphatic heterocycles. The summed E-state index contributed by atoms with van der Waals surface area (Å²) in [5.41, 5.74) is -2.19. The van der Waals surface area contributed by atoms with E-state index in [1.54, 1.807) is 0 Å². The molecule has 152 valence electrons. The van der Waals surface area contributed by atoms with E-state index in [2.05, 4.69) is 5.32 Å². The van der Waals surface area contributed by atoms with E-state index < -0.39 is 46.7 Å². The molecule has 1 aromatic heterocycles. The zero-order valence-corrected chi connectivity index (χ0v) is 15.3. The third kappa shape index (κ3) is 6.20. The molecular formula is C16H11ClF6N2O2S. The number of nitrogens with zero attached hydrogens (tertiary/aromatic N) is 1. The van der Waals surface area contributed by atoms with Crippen molar-refractivity contribution in [3.8, 4) is 0 Å². The molecule has 4 nitrogen and oxygen atoms in total. The van der Waals surface area contributed by atoms with Crippen molar-refractivity contribution in [3.63, 3.8) is 0 Å². The summed E-state index contributed by atoms with van der Waals surface area (Å²) in [6, 6.07) is 6.05. The molecule has 2 aromatic rings. The highest BCUT2D eigenvalue weighted by Gasteiger charge is 2.32. The summed E-state index contributed by atoms with van der Waals surface area (Å²) in [5, 5.41) is 1.57. The molecule has 1 amide bonds. The zero-order valence-electron chi connectivity index (χ0n) is 13.7. The molecular weight excluding hydrogens is 434 g/mol. The van der Waals surface area contributed by atoms with Gasteiger partial charge >= 0.3 is 12.4 Å². The number of halogens is 7.